The maximum absolute atomic E-state index is 11.3. The second-order valence-corrected chi connectivity index (χ2v) is 5.49. The van der Waals surface area contributed by atoms with Crippen molar-refractivity contribution >= 4 is 12.0 Å². The lowest BCUT2D eigenvalue weighted by molar-refractivity contribution is -0.143. The first kappa shape index (κ1) is 15.6. The monoisotopic (exact) mass is 290 g/mol. The summed E-state index contributed by atoms with van der Waals surface area (Å²) in [4.78, 5) is 11.3. The third-order valence-corrected chi connectivity index (χ3v) is 3.69. The number of cyclic esters (lactones) is 1. The molecule has 1 saturated heterocycles. The molecule has 0 bridgehead atoms. The van der Waals surface area contributed by atoms with Gasteiger partial charge in [-0.2, -0.15) is 0 Å². The van der Waals surface area contributed by atoms with Crippen LogP contribution in [0.4, 0.5) is 0 Å². The Labute approximate surface area is 125 Å². The number of carbonyl (C=O) groups is 1. The molecular formula is C17H22O4. The van der Waals surface area contributed by atoms with E-state index in [-0.39, 0.29) is 18.0 Å². The zero-order chi connectivity index (χ0) is 15.2. The van der Waals surface area contributed by atoms with Crippen LogP contribution in [0.5, 0.6) is 5.75 Å². The summed E-state index contributed by atoms with van der Waals surface area (Å²) >= 11 is 0. The van der Waals surface area contributed by atoms with E-state index in [9.17, 15) is 9.90 Å². The highest BCUT2D eigenvalue weighted by Gasteiger charge is 2.28. The Morgan fingerprint density at radius 2 is 2.10 bits per heavy atom. The van der Waals surface area contributed by atoms with Gasteiger partial charge in [0, 0.05) is 6.42 Å². The van der Waals surface area contributed by atoms with Crippen molar-refractivity contribution in [3.05, 3.63) is 35.9 Å². The molecule has 2 rings (SSSR count). The Hall–Kier alpha value is -1.81. The topological polar surface area (TPSA) is 55.8 Å². The van der Waals surface area contributed by atoms with Crippen LogP contribution in [0.3, 0.4) is 0 Å². The number of ether oxygens (including phenoxy) is 2. The molecule has 0 aromatic heterocycles. The van der Waals surface area contributed by atoms with Crippen LogP contribution in [0.15, 0.2) is 30.3 Å². The highest BCUT2D eigenvalue weighted by molar-refractivity contribution is 5.76. The van der Waals surface area contributed by atoms with E-state index in [1.807, 2.05) is 37.3 Å². The Bertz CT molecular complexity index is 490. The number of hydrogen-bond acceptors (Lipinski definition) is 4. The van der Waals surface area contributed by atoms with E-state index in [0.717, 1.165) is 12.0 Å². The van der Waals surface area contributed by atoms with E-state index in [1.54, 1.807) is 6.92 Å². The molecule has 0 saturated carbocycles. The van der Waals surface area contributed by atoms with Gasteiger partial charge in [0.1, 0.15) is 5.75 Å². The van der Waals surface area contributed by atoms with Crippen LogP contribution in [-0.2, 0) is 9.53 Å². The SMILES string of the molecule is C[C@H](O)[C@H](C)C/C=C/c1ccc(OC2CCOC2=O)cc1. The molecule has 1 aromatic rings. The minimum absolute atomic E-state index is 0.247. The summed E-state index contributed by atoms with van der Waals surface area (Å²) in [6.45, 7) is 4.26. The fourth-order valence-electron chi connectivity index (χ4n) is 2.02. The lowest BCUT2D eigenvalue weighted by Gasteiger charge is -2.11. The summed E-state index contributed by atoms with van der Waals surface area (Å²) in [6.07, 6.45) is 4.75. The summed E-state index contributed by atoms with van der Waals surface area (Å²) in [5.74, 6) is 0.636. The van der Waals surface area contributed by atoms with Crippen LogP contribution in [0, 0.1) is 5.92 Å². The molecule has 0 spiro atoms. The number of aliphatic hydroxyl groups is 1. The molecular weight excluding hydrogens is 268 g/mol. The van der Waals surface area contributed by atoms with Gasteiger partial charge < -0.3 is 14.6 Å². The molecule has 0 radical (unpaired) electrons. The predicted molar refractivity (Wildman–Crippen MR) is 80.9 cm³/mol. The molecule has 1 aromatic carbocycles. The van der Waals surface area contributed by atoms with Gasteiger partial charge in [-0.25, -0.2) is 4.79 Å². The lowest BCUT2D eigenvalue weighted by atomic mass is 10.0. The number of benzene rings is 1. The highest BCUT2D eigenvalue weighted by Crippen LogP contribution is 2.19. The van der Waals surface area contributed by atoms with Gasteiger partial charge in [-0.15, -0.1) is 0 Å². The molecule has 1 heterocycles. The second kappa shape index (κ2) is 7.27. The molecule has 4 nitrogen and oxygen atoms in total. The standard InChI is InChI=1S/C17H22O4/c1-12(13(2)18)4-3-5-14-6-8-15(9-7-14)21-16-10-11-20-17(16)19/h3,5-9,12-13,16,18H,4,10-11H2,1-2H3/b5-3+/t12-,13+,16?/m1/s1. The van der Waals surface area contributed by atoms with Crippen molar-refractivity contribution in [2.24, 2.45) is 5.92 Å². The number of esters is 1. The van der Waals surface area contributed by atoms with Crippen molar-refractivity contribution in [2.45, 2.75) is 38.9 Å². The Balaban J connectivity index is 1.87. The van der Waals surface area contributed by atoms with Crippen LogP contribution < -0.4 is 4.74 Å². The van der Waals surface area contributed by atoms with E-state index in [4.69, 9.17) is 9.47 Å². The van der Waals surface area contributed by atoms with Gasteiger partial charge in [0.15, 0.2) is 6.10 Å². The number of allylic oxidation sites excluding steroid dienone is 1. The Morgan fingerprint density at radius 3 is 2.67 bits per heavy atom. The molecule has 0 aliphatic carbocycles. The van der Waals surface area contributed by atoms with Crippen molar-refractivity contribution in [1.29, 1.82) is 0 Å². The molecule has 1 N–H and O–H groups in total. The number of hydrogen-bond donors (Lipinski definition) is 1. The minimum atomic E-state index is -0.474. The van der Waals surface area contributed by atoms with Gasteiger partial charge in [0.2, 0.25) is 0 Å². The largest absolute Gasteiger partial charge is 0.479 e. The van der Waals surface area contributed by atoms with Crippen molar-refractivity contribution in [3.63, 3.8) is 0 Å². The average Bonchev–Trinajstić information content (AvgIpc) is 2.86. The number of aliphatic hydroxyl groups excluding tert-OH is 1. The molecule has 1 aliphatic rings. The predicted octanol–water partition coefficient (Wildman–Crippen LogP) is 2.80. The van der Waals surface area contributed by atoms with Crippen LogP contribution >= 0.6 is 0 Å². The van der Waals surface area contributed by atoms with Gasteiger partial charge >= 0.3 is 5.97 Å². The maximum Gasteiger partial charge on any atom is 0.347 e. The molecule has 0 amide bonds. The molecule has 1 unspecified atom stereocenters. The van der Waals surface area contributed by atoms with E-state index in [1.165, 1.54) is 0 Å². The first-order valence-corrected chi connectivity index (χ1v) is 7.34. The Morgan fingerprint density at radius 1 is 1.38 bits per heavy atom. The van der Waals surface area contributed by atoms with Crippen molar-refractivity contribution < 1.29 is 19.4 Å². The Kier molecular flexibility index (Phi) is 5.39. The molecule has 4 heteroatoms. The zero-order valence-corrected chi connectivity index (χ0v) is 12.5. The van der Waals surface area contributed by atoms with Crippen LogP contribution in [0.2, 0.25) is 0 Å². The van der Waals surface area contributed by atoms with Gasteiger partial charge in [-0.05, 0) is 37.0 Å². The molecule has 3 atom stereocenters. The second-order valence-electron chi connectivity index (χ2n) is 5.49. The third-order valence-electron chi connectivity index (χ3n) is 3.69. The summed E-state index contributed by atoms with van der Waals surface area (Å²) in [7, 11) is 0. The van der Waals surface area contributed by atoms with Crippen LogP contribution in [0.1, 0.15) is 32.3 Å². The maximum atomic E-state index is 11.3. The average molecular weight is 290 g/mol. The number of carbonyl (C=O) groups excluding carboxylic acids is 1. The van der Waals surface area contributed by atoms with E-state index >= 15 is 0 Å². The third kappa shape index (κ3) is 4.60. The first-order valence-electron chi connectivity index (χ1n) is 7.34. The van der Waals surface area contributed by atoms with Gasteiger partial charge in [-0.3, -0.25) is 0 Å². The molecule has 114 valence electrons. The van der Waals surface area contributed by atoms with E-state index in [0.29, 0.717) is 18.8 Å². The van der Waals surface area contributed by atoms with Crippen LogP contribution in [0.25, 0.3) is 6.08 Å². The normalized spacial score (nSPS) is 21.3. The first-order chi connectivity index (χ1) is 10.1. The van der Waals surface area contributed by atoms with E-state index in [2.05, 4.69) is 6.08 Å². The van der Waals surface area contributed by atoms with Gasteiger partial charge in [0.25, 0.3) is 0 Å². The lowest BCUT2D eigenvalue weighted by Crippen LogP contribution is -2.21. The molecule has 1 fully saturated rings. The van der Waals surface area contributed by atoms with Gasteiger partial charge in [0.05, 0.1) is 12.7 Å². The molecule has 21 heavy (non-hydrogen) atoms. The van der Waals surface area contributed by atoms with Crippen molar-refractivity contribution in [2.75, 3.05) is 6.61 Å². The van der Waals surface area contributed by atoms with E-state index < -0.39 is 6.10 Å². The highest BCUT2D eigenvalue weighted by atomic mass is 16.6. The number of rotatable bonds is 6. The zero-order valence-electron chi connectivity index (χ0n) is 12.5. The summed E-state index contributed by atoms with van der Waals surface area (Å²) in [5, 5.41) is 9.42. The minimum Gasteiger partial charge on any atom is -0.479 e. The van der Waals surface area contributed by atoms with Gasteiger partial charge in [-0.1, -0.05) is 31.2 Å². The molecule has 1 aliphatic heterocycles. The van der Waals surface area contributed by atoms with Crippen molar-refractivity contribution in [3.8, 4) is 5.75 Å². The van der Waals surface area contributed by atoms with Crippen LogP contribution in [-0.4, -0.2) is 29.9 Å². The fraction of sp³-hybridized carbons (Fsp3) is 0.471. The fourth-order valence-corrected chi connectivity index (χ4v) is 2.02. The summed E-state index contributed by atoms with van der Waals surface area (Å²) < 4.78 is 10.4. The summed E-state index contributed by atoms with van der Waals surface area (Å²) in [6, 6.07) is 7.59. The van der Waals surface area contributed by atoms with Crippen molar-refractivity contribution in [1.82, 2.24) is 0 Å². The smallest absolute Gasteiger partial charge is 0.347 e. The summed E-state index contributed by atoms with van der Waals surface area (Å²) in [5.41, 5.74) is 1.06. The quantitative estimate of drug-likeness (QED) is 0.819.